The lowest BCUT2D eigenvalue weighted by molar-refractivity contribution is -0.144. The third kappa shape index (κ3) is 32.1. The van der Waals surface area contributed by atoms with Gasteiger partial charge in [-0.2, -0.15) is 0 Å². The van der Waals surface area contributed by atoms with Gasteiger partial charge in [-0.25, -0.2) is 0 Å². The van der Waals surface area contributed by atoms with Crippen LogP contribution >= 0.6 is 0 Å². The largest absolute Gasteiger partial charge is 0.493 e. The van der Waals surface area contributed by atoms with Crippen LogP contribution in [0.2, 0.25) is 0 Å². The third-order valence-corrected chi connectivity index (χ3v) is 9.12. The second kappa shape index (κ2) is 34.2. The van der Waals surface area contributed by atoms with E-state index >= 15 is 0 Å². The van der Waals surface area contributed by atoms with Crippen molar-refractivity contribution in [2.45, 2.75) is 173 Å². The Labute approximate surface area is 325 Å². The summed E-state index contributed by atoms with van der Waals surface area (Å²) in [7, 11) is 4.01. The number of benzene rings is 1. The zero-order chi connectivity index (χ0) is 39.5. The van der Waals surface area contributed by atoms with E-state index < -0.39 is 11.9 Å². The molecule has 310 valence electrons. The highest BCUT2D eigenvalue weighted by Crippen LogP contribution is 2.24. The first kappa shape index (κ1) is 48.7. The molecule has 0 saturated heterocycles. The van der Waals surface area contributed by atoms with Gasteiger partial charge in [0.2, 0.25) is 0 Å². The van der Waals surface area contributed by atoms with E-state index in [0.717, 1.165) is 89.2 Å². The van der Waals surface area contributed by atoms with Gasteiger partial charge in [-0.1, -0.05) is 103 Å². The predicted molar refractivity (Wildman–Crippen MR) is 212 cm³/mol. The number of rotatable bonds is 38. The summed E-state index contributed by atoms with van der Waals surface area (Å²) in [5, 5.41) is 17.3. The summed E-state index contributed by atoms with van der Waals surface area (Å²) in [5.74, 6) is -0.332. The van der Waals surface area contributed by atoms with Crippen LogP contribution in [-0.4, -0.2) is 79.5 Å². The zero-order valence-electron chi connectivity index (χ0n) is 33.8. The predicted octanol–water partition coefficient (Wildman–Crippen LogP) is 9.90. The van der Waals surface area contributed by atoms with Crippen molar-refractivity contribution in [1.29, 1.82) is 0 Å². The highest BCUT2D eigenvalue weighted by atomic mass is 16.5. The summed E-state index contributed by atoms with van der Waals surface area (Å²) in [6, 6.07) is 5.86. The minimum absolute atomic E-state index is 0.159. The van der Waals surface area contributed by atoms with E-state index in [2.05, 4.69) is 4.90 Å². The van der Waals surface area contributed by atoms with Gasteiger partial charge < -0.3 is 34.1 Å². The van der Waals surface area contributed by atoms with Gasteiger partial charge in [0.25, 0.3) is 0 Å². The van der Waals surface area contributed by atoms with Crippen LogP contribution < -0.4 is 9.47 Å². The molecule has 11 heteroatoms. The van der Waals surface area contributed by atoms with E-state index in [1.54, 1.807) is 0 Å². The summed E-state index contributed by atoms with van der Waals surface area (Å²) in [4.78, 5) is 47.4. The molecule has 0 spiro atoms. The minimum Gasteiger partial charge on any atom is -0.493 e. The first-order valence-corrected chi connectivity index (χ1v) is 20.9. The van der Waals surface area contributed by atoms with E-state index in [4.69, 9.17) is 29.2 Å². The van der Waals surface area contributed by atoms with E-state index in [0.29, 0.717) is 63.6 Å². The number of carboxylic acid groups (broad SMARTS) is 2. The number of hydrogen-bond donors (Lipinski definition) is 2. The molecular weight excluding hydrogens is 690 g/mol. The number of carbonyl (C=O) groups excluding carboxylic acids is 2. The molecule has 0 amide bonds. The molecule has 0 atom stereocenters. The van der Waals surface area contributed by atoms with E-state index in [-0.39, 0.29) is 24.8 Å². The molecule has 0 radical (unpaired) electrons. The molecule has 0 aliphatic carbocycles. The molecule has 0 heterocycles. The first-order chi connectivity index (χ1) is 26.2. The Hall–Kier alpha value is -3.34. The Morgan fingerprint density at radius 2 is 0.759 bits per heavy atom. The summed E-state index contributed by atoms with van der Waals surface area (Å²) in [6.07, 6.45) is 23.8. The molecule has 54 heavy (non-hydrogen) atoms. The van der Waals surface area contributed by atoms with E-state index in [9.17, 15) is 19.2 Å². The van der Waals surface area contributed by atoms with Crippen molar-refractivity contribution in [3.8, 4) is 11.5 Å². The van der Waals surface area contributed by atoms with Gasteiger partial charge in [-0.15, -0.1) is 0 Å². The van der Waals surface area contributed by atoms with Gasteiger partial charge in [-0.05, 0) is 57.5 Å². The first-order valence-electron chi connectivity index (χ1n) is 20.9. The molecule has 0 unspecified atom stereocenters. The topological polar surface area (TPSA) is 149 Å². The van der Waals surface area contributed by atoms with Crippen LogP contribution in [0.3, 0.4) is 0 Å². The molecule has 1 aromatic rings. The van der Waals surface area contributed by atoms with Crippen molar-refractivity contribution >= 4 is 23.9 Å². The molecular formula is C43H73NO10. The van der Waals surface area contributed by atoms with Gasteiger partial charge in [0.05, 0.1) is 26.4 Å². The monoisotopic (exact) mass is 764 g/mol. The molecule has 0 aliphatic rings. The smallest absolute Gasteiger partial charge is 0.305 e. The van der Waals surface area contributed by atoms with E-state index in [1.165, 1.54) is 51.4 Å². The number of carboxylic acids is 2. The lowest BCUT2D eigenvalue weighted by atomic mass is 10.1. The molecule has 0 fully saturated rings. The van der Waals surface area contributed by atoms with Crippen molar-refractivity contribution in [1.82, 2.24) is 4.90 Å². The van der Waals surface area contributed by atoms with Crippen molar-refractivity contribution in [3.05, 3.63) is 23.8 Å². The van der Waals surface area contributed by atoms with Gasteiger partial charge in [0, 0.05) is 51.1 Å². The van der Waals surface area contributed by atoms with Gasteiger partial charge in [0.1, 0.15) is 11.5 Å². The Bertz CT molecular complexity index is 1050. The number of carbonyl (C=O) groups is 4. The number of aliphatic carboxylic acids is 2. The van der Waals surface area contributed by atoms with Crippen molar-refractivity contribution in [3.63, 3.8) is 0 Å². The van der Waals surface area contributed by atoms with Gasteiger partial charge in [-0.3, -0.25) is 19.2 Å². The summed E-state index contributed by atoms with van der Waals surface area (Å²) >= 11 is 0. The fraction of sp³-hybridized carbons (Fsp3) is 0.767. The summed E-state index contributed by atoms with van der Waals surface area (Å²) in [6.45, 7) is 2.22. The highest BCUT2D eigenvalue weighted by Gasteiger charge is 2.08. The maximum absolute atomic E-state index is 12.1. The van der Waals surface area contributed by atoms with Crippen molar-refractivity contribution in [2.24, 2.45) is 0 Å². The second-order valence-corrected chi connectivity index (χ2v) is 14.8. The van der Waals surface area contributed by atoms with Crippen LogP contribution in [0.4, 0.5) is 0 Å². The lowest BCUT2D eigenvalue weighted by Crippen LogP contribution is -2.12. The van der Waals surface area contributed by atoms with Crippen LogP contribution in [0.25, 0.3) is 0 Å². The summed E-state index contributed by atoms with van der Waals surface area (Å²) in [5.41, 5.74) is 1.06. The Kier molecular flexibility index (Phi) is 30.8. The van der Waals surface area contributed by atoms with Gasteiger partial charge >= 0.3 is 23.9 Å². The molecule has 0 saturated carbocycles. The molecule has 1 rings (SSSR count). The van der Waals surface area contributed by atoms with Crippen LogP contribution in [-0.2, 0) is 35.2 Å². The number of ether oxygens (including phenoxy) is 4. The second-order valence-electron chi connectivity index (χ2n) is 14.8. The van der Waals surface area contributed by atoms with Crippen molar-refractivity contribution < 1.29 is 48.3 Å². The molecule has 0 aromatic heterocycles. The molecule has 0 bridgehead atoms. The minimum atomic E-state index is -0.709. The molecule has 2 N–H and O–H groups in total. The van der Waals surface area contributed by atoms with Crippen LogP contribution in [0.1, 0.15) is 173 Å². The average Bonchev–Trinajstić information content (AvgIpc) is 3.11. The summed E-state index contributed by atoms with van der Waals surface area (Å²) < 4.78 is 22.8. The standard InChI is InChI=1S/C43H73NO10/c1-44(2)36-37-33-38(51-29-23-31-53-42(49)27-21-17-13-9-5-3-7-11-15-19-25-40(45)46)35-39(34-37)52-30-24-32-54-43(50)28-22-18-14-10-6-4-8-12-16-20-26-41(47)48/h33-35H,3-32,36H2,1-2H3,(H,45,46)(H,47,48). The Balaban J connectivity index is 2.12. The molecule has 11 nitrogen and oxygen atoms in total. The number of nitrogens with zero attached hydrogens (tertiary/aromatic N) is 1. The van der Waals surface area contributed by atoms with Crippen LogP contribution in [0.15, 0.2) is 18.2 Å². The normalized spacial score (nSPS) is 11.1. The molecule has 0 aliphatic heterocycles. The number of unbranched alkanes of at least 4 members (excludes halogenated alkanes) is 18. The maximum Gasteiger partial charge on any atom is 0.305 e. The quantitative estimate of drug-likeness (QED) is 0.0490. The van der Waals surface area contributed by atoms with E-state index in [1.807, 2.05) is 32.3 Å². The Morgan fingerprint density at radius 3 is 1.07 bits per heavy atom. The number of hydrogen-bond acceptors (Lipinski definition) is 9. The van der Waals surface area contributed by atoms with Crippen LogP contribution in [0, 0.1) is 0 Å². The Morgan fingerprint density at radius 1 is 0.444 bits per heavy atom. The number of esters is 2. The van der Waals surface area contributed by atoms with Crippen molar-refractivity contribution in [2.75, 3.05) is 40.5 Å². The zero-order valence-corrected chi connectivity index (χ0v) is 33.8. The lowest BCUT2D eigenvalue weighted by Gasteiger charge is -2.15. The fourth-order valence-corrected chi connectivity index (χ4v) is 6.19. The SMILES string of the molecule is CN(C)Cc1cc(OCCCOC(=O)CCCCCCCCCCCCC(=O)O)cc(OCCCOC(=O)CCCCCCCCCCCCC(=O)O)c1. The van der Waals surface area contributed by atoms with Crippen LogP contribution in [0.5, 0.6) is 11.5 Å². The van der Waals surface area contributed by atoms with Gasteiger partial charge in [0.15, 0.2) is 0 Å². The third-order valence-electron chi connectivity index (χ3n) is 9.12. The average molecular weight is 764 g/mol. The highest BCUT2D eigenvalue weighted by molar-refractivity contribution is 5.69. The fourth-order valence-electron chi connectivity index (χ4n) is 6.19. The maximum atomic E-state index is 12.1. The molecule has 1 aromatic carbocycles.